The SMILES string of the molecule is O=Cc1cc(F)cc(F)c1-c1ccccc1OCc1ccccc1. The van der Waals surface area contributed by atoms with Crippen molar-refractivity contribution in [2.45, 2.75) is 6.61 Å². The molecule has 2 nitrogen and oxygen atoms in total. The Morgan fingerprint density at radius 3 is 2.38 bits per heavy atom. The summed E-state index contributed by atoms with van der Waals surface area (Å²) in [7, 11) is 0. The molecule has 0 aliphatic heterocycles. The van der Waals surface area contributed by atoms with Gasteiger partial charge < -0.3 is 4.74 Å². The topological polar surface area (TPSA) is 26.3 Å². The molecular formula is C20H14F2O2. The quantitative estimate of drug-likeness (QED) is 0.616. The minimum absolute atomic E-state index is 0.0371. The van der Waals surface area contributed by atoms with E-state index in [1.54, 1.807) is 24.3 Å². The van der Waals surface area contributed by atoms with E-state index >= 15 is 0 Å². The van der Waals surface area contributed by atoms with Gasteiger partial charge in [-0.1, -0.05) is 48.5 Å². The molecule has 0 radical (unpaired) electrons. The van der Waals surface area contributed by atoms with Crippen molar-refractivity contribution in [3.63, 3.8) is 0 Å². The molecule has 0 saturated carbocycles. The predicted molar refractivity (Wildman–Crippen MR) is 88.0 cm³/mol. The number of ether oxygens (including phenoxy) is 1. The highest BCUT2D eigenvalue weighted by atomic mass is 19.1. The molecule has 0 spiro atoms. The van der Waals surface area contributed by atoms with E-state index in [9.17, 15) is 13.6 Å². The fourth-order valence-corrected chi connectivity index (χ4v) is 2.50. The van der Waals surface area contributed by atoms with Crippen LogP contribution in [0, 0.1) is 11.6 Å². The maximum Gasteiger partial charge on any atom is 0.150 e. The molecular weight excluding hydrogens is 310 g/mol. The lowest BCUT2D eigenvalue weighted by atomic mass is 9.98. The summed E-state index contributed by atoms with van der Waals surface area (Å²) in [5, 5.41) is 0. The van der Waals surface area contributed by atoms with Crippen LogP contribution in [-0.2, 0) is 6.61 Å². The summed E-state index contributed by atoms with van der Waals surface area (Å²) < 4.78 is 33.4. The largest absolute Gasteiger partial charge is 0.488 e. The molecule has 0 amide bonds. The third kappa shape index (κ3) is 3.33. The van der Waals surface area contributed by atoms with E-state index in [1.807, 2.05) is 30.3 Å². The van der Waals surface area contributed by atoms with Gasteiger partial charge in [-0.15, -0.1) is 0 Å². The lowest BCUT2D eigenvalue weighted by Crippen LogP contribution is -2.00. The molecule has 0 N–H and O–H groups in total. The van der Waals surface area contributed by atoms with Crippen molar-refractivity contribution in [2.75, 3.05) is 0 Å². The second kappa shape index (κ2) is 7.04. The molecule has 0 heterocycles. The lowest BCUT2D eigenvalue weighted by Gasteiger charge is -2.14. The minimum atomic E-state index is -0.798. The predicted octanol–water partition coefficient (Wildman–Crippen LogP) is 5.02. The Morgan fingerprint density at radius 2 is 1.62 bits per heavy atom. The van der Waals surface area contributed by atoms with Crippen LogP contribution in [0.1, 0.15) is 15.9 Å². The molecule has 0 fully saturated rings. The first-order valence-corrected chi connectivity index (χ1v) is 7.39. The smallest absolute Gasteiger partial charge is 0.150 e. The molecule has 3 rings (SSSR count). The Morgan fingerprint density at radius 1 is 0.917 bits per heavy atom. The van der Waals surface area contributed by atoms with Crippen molar-refractivity contribution in [2.24, 2.45) is 0 Å². The van der Waals surface area contributed by atoms with Gasteiger partial charge in [0, 0.05) is 22.8 Å². The second-order valence-corrected chi connectivity index (χ2v) is 5.24. The molecule has 120 valence electrons. The van der Waals surface area contributed by atoms with Crippen molar-refractivity contribution in [3.05, 3.63) is 89.5 Å². The van der Waals surface area contributed by atoms with Gasteiger partial charge >= 0.3 is 0 Å². The highest BCUT2D eigenvalue weighted by molar-refractivity contribution is 5.89. The highest BCUT2D eigenvalue weighted by Gasteiger charge is 2.16. The first-order chi connectivity index (χ1) is 11.7. The Kier molecular flexibility index (Phi) is 4.66. The number of rotatable bonds is 5. The van der Waals surface area contributed by atoms with E-state index in [0.717, 1.165) is 17.7 Å². The van der Waals surface area contributed by atoms with Gasteiger partial charge in [0.1, 0.15) is 24.0 Å². The summed E-state index contributed by atoms with van der Waals surface area (Å²) in [5.74, 6) is -1.16. The lowest BCUT2D eigenvalue weighted by molar-refractivity contribution is 0.112. The van der Waals surface area contributed by atoms with E-state index in [1.165, 1.54) is 0 Å². The van der Waals surface area contributed by atoms with Crippen LogP contribution in [0.25, 0.3) is 11.1 Å². The Hall–Kier alpha value is -3.01. The molecule has 0 bridgehead atoms. The van der Waals surface area contributed by atoms with Crippen molar-refractivity contribution in [1.82, 2.24) is 0 Å². The Labute approximate surface area is 138 Å². The molecule has 3 aromatic carbocycles. The number of carbonyl (C=O) groups is 1. The monoisotopic (exact) mass is 324 g/mol. The number of aldehydes is 1. The van der Waals surface area contributed by atoms with Gasteiger partial charge in [0.2, 0.25) is 0 Å². The van der Waals surface area contributed by atoms with Gasteiger partial charge in [-0.3, -0.25) is 4.79 Å². The Bertz CT molecular complexity index is 861. The van der Waals surface area contributed by atoms with E-state index in [0.29, 0.717) is 24.2 Å². The molecule has 0 unspecified atom stereocenters. The van der Waals surface area contributed by atoms with E-state index in [4.69, 9.17) is 4.74 Å². The van der Waals surface area contributed by atoms with Gasteiger partial charge in [0.25, 0.3) is 0 Å². The maximum absolute atomic E-state index is 14.3. The summed E-state index contributed by atoms with van der Waals surface area (Å²) in [4.78, 5) is 11.2. The summed E-state index contributed by atoms with van der Waals surface area (Å²) >= 11 is 0. The van der Waals surface area contributed by atoms with Crippen LogP contribution in [0.2, 0.25) is 0 Å². The van der Waals surface area contributed by atoms with Crippen LogP contribution >= 0.6 is 0 Å². The maximum atomic E-state index is 14.3. The van der Waals surface area contributed by atoms with Crippen LogP contribution < -0.4 is 4.74 Å². The van der Waals surface area contributed by atoms with Gasteiger partial charge in [-0.05, 0) is 17.7 Å². The number of hydrogen-bond acceptors (Lipinski definition) is 2. The molecule has 0 aromatic heterocycles. The van der Waals surface area contributed by atoms with Crippen molar-refractivity contribution in [1.29, 1.82) is 0 Å². The standard InChI is InChI=1S/C20H14F2O2/c21-16-10-15(12-23)20(18(22)11-16)17-8-4-5-9-19(17)24-13-14-6-2-1-3-7-14/h1-12H,13H2. The summed E-state index contributed by atoms with van der Waals surface area (Å²) in [5.41, 5.74) is 1.36. The van der Waals surface area contributed by atoms with E-state index < -0.39 is 11.6 Å². The fourth-order valence-electron chi connectivity index (χ4n) is 2.50. The molecule has 0 saturated heterocycles. The van der Waals surface area contributed by atoms with Gasteiger partial charge in [0.05, 0.1) is 0 Å². The van der Waals surface area contributed by atoms with Gasteiger partial charge in [-0.25, -0.2) is 8.78 Å². The molecule has 0 aliphatic carbocycles. The Balaban J connectivity index is 2.00. The van der Waals surface area contributed by atoms with Crippen molar-refractivity contribution < 1.29 is 18.3 Å². The first-order valence-electron chi connectivity index (χ1n) is 7.39. The van der Waals surface area contributed by atoms with Crippen LogP contribution in [0.15, 0.2) is 66.7 Å². The third-order valence-corrected chi connectivity index (χ3v) is 3.61. The number of hydrogen-bond donors (Lipinski definition) is 0. The highest BCUT2D eigenvalue weighted by Crippen LogP contribution is 2.34. The third-order valence-electron chi connectivity index (χ3n) is 3.61. The number of halogens is 2. The summed E-state index contributed by atoms with van der Waals surface area (Å²) in [6, 6.07) is 18.1. The number of benzene rings is 3. The average Bonchev–Trinajstić information content (AvgIpc) is 2.60. The zero-order valence-electron chi connectivity index (χ0n) is 12.7. The van der Waals surface area contributed by atoms with Crippen molar-refractivity contribution in [3.8, 4) is 16.9 Å². The first kappa shape index (κ1) is 15.9. The summed E-state index contributed by atoms with van der Waals surface area (Å²) in [6.45, 7) is 0.303. The molecule has 4 heteroatoms. The van der Waals surface area contributed by atoms with Crippen LogP contribution in [-0.4, -0.2) is 6.29 Å². The molecule has 0 aliphatic rings. The van der Waals surface area contributed by atoms with Crippen LogP contribution in [0.3, 0.4) is 0 Å². The van der Waals surface area contributed by atoms with E-state index in [-0.39, 0.29) is 11.1 Å². The minimum Gasteiger partial charge on any atom is -0.488 e. The average molecular weight is 324 g/mol. The zero-order valence-corrected chi connectivity index (χ0v) is 12.7. The number of carbonyl (C=O) groups excluding carboxylic acids is 1. The van der Waals surface area contributed by atoms with E-state index in [2.05, 4.69) is 0 Å². The van der Waals surface area contributed by atoms with Gasteiger partial charge in [0.15, 0.2) is 6.29 Å². The normalized spacial score (nSPS) is 10.4. The van der Waals surface area contributed by atoms with Crippen LogP contribution in [0.5, 0.6) is 5.75 Å². The van der Waals surface area contributed by atoms with Crippen molar-refractivity contribution >= 4 is 6.29 Å². The molecule has 24 heavy (non-hydrogen) atoms. The summed E-state index contributed by atoms with van der Waals surface area (Å²) in [6.07, 6.45) is 0.440. The zero-order chi connectivity index (χ0) is 16.9. The van der Waals surface area contributed by atoms with Crippen LogP contribution in [0.4, 0.5) is 8.78 Å². The second-order valence-electron chi connectivity index (χ2n) is 5.24. The fraction of sp³-hybridized carbons (Fsp3) is 0.0500. The molecule has 0 atom stereocenters. The molecule has 3 aromatic rings. The number of para-hydroxylation sites is 1. The van der Waals surface area contributed by atoms with Gasteiger partial charge in [-0.2, -0.15) is 0 Å².